The molecule has 268 valence electrons. The molecule has 2 unspecified atom stereocenters. The van der Waals surface area contributed by atoms with E-state index in [1.54, 1.807) is 75.4 Å². The molecular weight excluding hydrogens is 658 g/mol. The lowest BCUT2D eigenvalue weighted by atomic mass is 10.0. The Bertz CT molecular complexity index is 1400. The third-order valence-corrected chi connectivity index (χ3v) is 7.10. The molecule has 2 aromatic carbocycles. The maximum Gasteiger partial charge on any atom is 0.407 e. The predicted octanol–water partition coefficient (Wildman–Crippen LogP) is 3.45. The molecule has 49 heavy (non-hydrogen) atoms. The summed E-state index contributed by atoms with van der Waals surface area (Å²) in [5, 5.41) is 22.6. The molecule has 0 aliphatic carbocycles. The summed E-state index contributed by atoms with van der Waals surface area (Å²) in [5.74, 6) is -2.94. The van der Waals surface area contributed by atoms with Gasteiger partial charge in [0.1, 0.15) is 24.3 Å². The molecule has 0 spiro atoms. The number of benzene rings is 2. The van der Waals surface area contributed by atoms with Gasteiger partial charge in [0, 0.05) is 43.1 Å². The molecule has 0 saturated heterocycles. The van der Waals surface area contributed by atoms with E-state index in [0.717, 1.165) is 5.56 Å². The van der Waals surface area contributed by atoms with Crippen LogP contribution in [-0.4, -0.2) is 78.3 Å². The van der Waals surface area contributed by atoms with Gasteiger partial charge in [-0.25, -0.2) is 9.59 Å². The van der Waals surface area contributed by atoms with Crippen molar-refractivity contribution in [1.29, 1.82) is 0 Å². The average Bonchev–Trinajstić information content (AvgIpc) is 3.03. The molecule has 2 aromatic rings. The van der Waals surface area contributed by atoms with Crippen LogP contribution in [0.3, 0.4) is 0 Å². The number of aliphatic carboxylic acids is 1. The van der Waals surface area contributed by atoms with Crippen molar-refractivity contribution in [2.75, 3.05) is 19.6 Å². The molecule has 0 heterocycles. The summed E-state index contributed by atoms with van der Waals surface area (Å²) in [5.41, 5.74) is 0.709. The molecule has 0 aromatic heterocycles. The molecule has 0 aliphatic heterocycles. The van der Waals surface area contributed by atoms with Gasteiger partial charge >= 0.3 is 18.2 Å². The summed E-state index contributed by atoms with van der Waals surface area (Å²) < 4.78 is 10.4. The SMILES string of the molecule is CC(C)(C)OC(=O)NCCNC(=O)C(CCCCNC(=O)OCc1ccccc1Cl)NC(=O)C(Cc1ccccc1)NC(=O)CCC(=O)O. The number of carbonyl (C=O) groups excluding carboxylic acids is 5. The van der Waals surface area contributed by atoms with Crippen LogP contribution in [0.2, 0.25) is 5.02 Å². The molecule has 2 atom stereocenters. The summed E-state index contributed by atoms with van der Waals surface area (Å²) in [7, 11) is 0. The zero-order valence-corrected chi connectivity index (χ0v) is 28.8. The maximum atomic E-state index is 13.5. The quantitative estimate of drug-likeness (QED) is 0.119. The van der Waals surface area contributed by atoms with Gasteiger partial charge in [0.15, 0.2) is 0 Å². The Morgan fingerprint density at radius 1 is 0.755 bits per heavy atom. The van der Waals surface area contributed by atoms with Crippen molar-refractivity contribution in [3.63, 3.8) is 0 Å². The molecule has 0 radical (unpaired) electrons. The number of nitrogens with one attached hydrogen (secondary N) is 5. The Balaban J connectivity index is 2.01. The van der Waals surface area contributed by atoms with Crippen LogP contribution in [-0.2, 0) is 41.7 Å². The monoisotopic (exact) mass is 703 g/mol. The smallest absolute Gasteiger partial charge is 0.407 e. The lowest BCUT2D eigenvalue weighted by molar-refractivity contribution is -0.139. The molecule has 6 N–H and O–H groups in total. The highest BCUT2D eigenvalue weighted by atomic mass is 35.5. The molecule has 5 amide bonds. The molecule has 0 aliphatic rings. The van der Waals surface area contributed by atoms with Crippen LogP contribution < -0.4 is 26.6 Å². The van der Waals surface area contributed by atoms with E-state index in [9.17, 15) is 28.8 Å². The highest BCUT2D eigenvalue weighted by Gasteiger charge is 2.27. The second-order valence-electron chi connectivity index (χ2n) is 12.1. The molecular formula is C34H46ClN5O9. The number of carboxylic acids is 1. The number of halogens is 1. The Labute approximate surface area is 291 Å². The normalized spacial score (nSPS) is 12.1. The maximum absolute atomic E-state index is 13.5. The lowest BCUT2D eigenvalue weighted by Crippen LogP contribution is -2.55. The minimum absolute atomic E-state index is 0.000434. The van der Waals surface area contributed by atoms with Crippen LogP contribution in [0.25, 0.3) is 0 Å². The number of ether oxygens (including phenoxy) is 2. The van der Waals surface area contributed by atoms with Crippen LogP contribution in [0, 0.1) is 0 Å². The first-order chi connectivity index (χ1) is 23.2. The van der Waals surface area contributed by atoms with Crippen molar-refractivity contribution in [3.05, 3.63) is 70.7 Å². The summed E-state index contributed by atoms with van der Waals surface area (Å²) in [6.07, 6.45) is -0.882. The van der Waals surface area contributed by atoms with Crippen molar-refractivity contribution in [2.24, 2.45) is 0 Å². The number of carboxylic acid groups (broad SMARTS) is 1. The fraction of sp³-hybridized carbons (Fsp3) is 0.471. The third kappa shape index (κ3) is 17.8. The zero-order chi connectivity index (χ0) is 36.2. The minimum Gasteiger partial charge on any atom is -0.481 e. The standard InChI is InChI=1S/C34H46ClN5O9/c1-34(2,3)49-33(47)38-20-19-36-30(44)26(15-9-10-18-37-32(46)48-22-24-13-7-8-14-25(24)35)40-31(45)27(21-23-11-5-4-6-12-23)39-28(41)16-17-29(42)43/h4-8,11-14,26-27H,9-10,15-22H2,1-3H3,(H,36,44)(H,37,46)(H,38,47)(H,39,41)(H,40,45)(H,42,43). The Hall–Kier alpha value is -4.85. The van der Waals surface area contributed by atoms with Crippen molar-refractivity contribution in [1.82, 2.24) is 26.6 Å². The summed E-state index contributed by atoms with van der Waals surface area (Å²) in [4.78, 5) is 74.3. The first kappa shape index (κ1) is 40.3. The van der Waals surface area contributed by atoms with Crippen molar-refractivity contribution < 1.29 is 43.3 Å². The number of unbranched alkanes of at least 4 members (excludes halogenated alkanes) is 1. The fourth-order valence-electron chi connectivity index (χ4n) is 4.35. The summed E-state index contributed by atoms with van der Waals surface area (Å²) in [6.45, 7) is 5.52. The minimum atomic E-state index is -1.15. The first-order valence-electron chi connectivity index (χ1n) is 16.0. The van der Waals surface area contributed by atoms with E-state index in [0.29, 0.717) is 23.4 Å². The number of hydrogen-bond acceptors (Lipinski definition) is 8. The number of rotatable bonds is 19. The summed E-state index contributed by atoms with van der Waals surface area (Å²) in [6, 6.07) is 13.8. The van der Waals surface area contributed by atoms with Gasteiger partial charge in [0.05, 0.1) is 6.42 Å². The number of hydrogen-bond donors (Lipinski definition) is 6. The lowest BCUT2D eigenvalue weighted by Gasteiger charge is -2.24. The van der Waals surface area contributed by atoms with E-state index >= 15 is 0 Å². The van der Waals surface area contributed by atoms with Crippen LogP contribution in [0.15, 0.2) is 54.6 Å². The number of carbonyl (C=O) groups is 6. The van der Waals surface area contributed by atoms with E-state index in [4.69, 9.17) is 26.2 Å². The van der Waals surface area contributed by atoms with E-state index in [1.807, 2.05) is 0 Å². The second kappa shape index (κ2) is 21.2. The predicted molar refractivity (Wildman–Crippen MR) is 182 cm³/mol. The number of alkyl carbamates (subject to hydrolysis) is 2. The highest BCUT2D eigenvalue weighted by molar-refractivity contribution is 6.31. The van der Waals surface area contributed by atoms with E-state index in [1.165, 1.54) is 0 Å². The third-order valence-electron chi connectivity index (χ3n) is 6.73. The highest BCUT2D eigenvalue weighted by Crippen LogP contribution is 2.15. The van der Waals surface area contributed by atoms with Gasteiger partial charge in [-0.3, -0.25) is 19.2 Å². The van der Waals surface area contributed by atoms with Crippen molar-refractivity contribution in [2.45, 2.75) is 83.6 Å². The van der Waals surface area contributed by atoms with Crippen LogP contribution >= 0.6 is 11.6 Å². The van der Waals surface area contributed by atoms with Gasteiger partial charge in [-0.2, -0.15) is 0 Å². The van der Waals surface area contributed by atoms with Gasteiger partial charge in [0.25, 0.3) is 0 Å². The fourth-order valence-corrected chi connectivity index (χ4v) is 4.54. The average molecular weight is 704 g/mol. The van der Waals surface area contributed by atoms with Crippen LogP contribution in [0.4, 0.5) is 9.59 Å². The molecule has 0 fully saturated rings. The van der Waals surface area contributed by atoms with Crippen LogP contribution in [0.5, 0.6) is 0 Å². The molecule has 2 rings (SSSR count). The van der Waals surface area contributed by atoms with Gasteiger partial charge in [0.2, 0.25) is 17.7 Å². The Morgan fingerprint density at radius 3 is 2.08 bits per heavy atom. The Morgan fingerprint density at radius 2 is 1.41 bits per heavy atom. The first-order valence-corrected chi connectivity index (χ1v) is 16.4. The molecule has 14 nitrogen and oxygen atoms in total. The van der Waals surface area contributed by atoms with Crippen molar-refractivity contribution >= 4 is 47.5 Å². The second-order valence-corrected chi connectivity index (χ2v) is 12.5. The van der Waals surface area contributed by atoms with E-state index in [-0.39, 0.29) is 45.5 Å². The van der Waals surface area contributed by atoms with E-state index < -0.39 is 60.0 Å². The van der Waals surface area contributed by atoms with E-state index in [2.05, 4.69) is 26.6 Å². The van der Waals surface area contributed by atoms with Crippen molar-refractivity contribution in [3.8, 4) is 0 Å². The van der Waals surface area contributed by atoms with Crippen LogP contribution in [0.1, 0.15) is 64.0 Å². The molecule has 15 heteroatoms. The molecule has 0 bridgehead atoms. The largest absolute Gasteiger partial charge is 0.481 e. The topological polar surface area (TPSA) is 201 Å². The van der Waals surface area contributed by atoms with Gasteiger partial charge in [-0.05, 0) is 51.7 Å². The Kier molecular flexibility index (Phi) is 17.4. The van der Waals surface area contributed by atoms with Gasteiger partial charge < -0.3 is 41.2 Å². The zero-order valence-electron chi connectivity index (χ0n) is 28.0. The molecule has 0 saturated carbocycles. The van der Waals surface area contributed by atoms with Gasteiger partial charge in [-0.1, -0.05) is 60.1 Å². The van der Waals surface area contributed by atoms with Gasteiger partial charge in [-0.15, -0.1) is 0 Å². The number of amides is 5. The summed E-state index contributed by atoms with van der Waals surface area (Å²) >= 11 is 6.09.